The minimum Gasteiger partial charge on any atom is -0.489 e. The molecule has 1 rings (SSSR count). The fraction of sp³-hybridized carbons (Fsp3) is 0.273. The molecule has 0 N–H and O–H groups in total. The molecule has 0 aromatic heterocycles. The molecule has 3 heteroatoms. The highest BCUT2D eigenvalue weighted by molar-refractivity contribution is 9.10. The molecule has 76 valence electrons. The molecule has 0 saturated heterocycles. The van der Waals surface area contributed by atoms with Crippen LogP contribution in [0.4, 0.5) is 0 Å². The maximum Gasteiger partial charge on any atom is 0.123 e. The van der Waals surface area contributed by atoms with Crippen molar-refractivity contribution < 1.29 is 4.74 Å². The third-order valence-electron chi connectivity index (χ3n) is 1.77. The average Bonchev–Trinajstić information content (AvgIpc) is 2.19. The lowest BCUT2D eigenvalue weighted by Gasteiger charge is -2.09. The van der Waals surface area contributed by atoms with Gasteiger partial charge in [-0.1, -0.05) is 28.6 Å². The average molecular weight is 276 g/mol. The smallest absolute Gasteiger partial charge is 0.123 e. The molecule has 0 spiro atoms. The lowest BCUT2D eigenvalue weighted by atomic mass is 10.2. The van der Waals surface area contributed by atoms with Crippen LogP contribution in [0.3, 0.4) is 0 Å². The first-order valence-corrected chi connectivity index (χ1v) is 5.58. The number of rotatable bonds is 4. The molecular formula is C11H12BrClO. The fourth-order valence-electron chi connectivity index (χ4n) is 0.948. The Kier molecular flexibility index (Phi) is 4.49. The summed E-state index contributed by atoms with van der Waals surface area (Å²) in [5, 5.41) is 0. The number of alkyl halides is 1. The quantitative estimate of drug-likeness (QED) is 0.597. The minimum absolute atomic E-state index is 0.438. The standard InChI is InChI=1S/C11H12BrClO/c1-8(6-13)7-14-11-5-10(12)4-3-9(11)2/h3-5H,1,6-7H2,2H3. The number of ether oxygens (including phenoxy) is 1. The van der Waals surface area contributed by atoms with E-state index in [1.54, 1.807) is 0 Å². The summed E-state index contributed by atoms with van der Waals surface area (Å²) < 4.78 is 6.57. The predicted molar refractivity (Wildman–Crippen MR) is 64.2 cm³/mol. The molecule has 1 aromatic carbocycles. The second kappa shape index (κ2) is 5.42. The van der Waals surface area contributed by atoms with Gasteiger partial charge in [0.15, 0.2) is 0 Å². The molecule has 1 nitrogen and oxygen atoms in total. The first-order valence-electron chi connectivity index (χ1n) is 4.25. The third-order valence-corrected chi connectivity index (χ3v) is 2.64. The normalized spacial score (nSPS) is 9.93. The van der Waals surface area contributed by atoms with Crippen molar-refractivity contribution in [3.05, 3.63) is 40.4 Å². The highest BCUT2D eigenvalue weighted by Gasteiger charge is 2.00. The topological polar surface area (TPSA) is 9.23 Å². The molecule has 0 heterocycles. The molecule has 0 atom stereocenters. The van der Waals surface area contributed by atoms with Crippen LogP contribution >= 0.6 is 27.5 Å². The van der Waals surface area contributed by atoms with E-state index >= 15 is 0 Å². The Morgan fingerprint density at radius 3 is 2.93 bits per heavy atom. The Balaban J connectivity index is 2.66. The highest BCUT2D eigenvalue weighted by Crippen LogP contribution is 2.23. The number of hydrogen-bond acceptors (Lipinski definition) is 1. The van der Waals surface area contributed by atoms with Crippen molar-refractivity contribution in [2.45, 2.75) is 6.92 Å². The number of benzene rings is 1. The van der Waals surface area contributed by atoms with Crippen molar-refractivity contribution in [2.75, 3.05) is 12.5 Å². The first-order chi connectivity index (χ1) is 6.63. The van der Waals surface area contributed by atoms with Crippen LogP contribution in [0.2, 0.25) is 0 Å². The Morgan fingerprint density at radius 1 is 1.57 bits per heavy atom. The summed E-state index contributed by atoms with van der Waals surface area (Å²) in [6, 6.07) is 5.93. The van der Waals surface area contributed by atoms with Gasteiger partial charge in [0.1, 0.15) is 12.4 Å². The number of aryl methyl sites for hydroxylation is 1. The van der Waals surface area contributed by atoms with Crippen LogP contribution < -0.4 is 4.74 Å². The van der Waals surface area contributed by atoms with E-state index in [0.717, 1.165) is 21.4 Å². The molecule has 0 bridgehead atoms. The van der Waals surface area contributed by atoms with Gasteiger partial charge in [0.05, 0.1) is 0 Å². The van der Waals surface area contributed by atoms with Gasteiger partial charge in [0, 0.05) is 10.4 Å². The lowest BCUT2D eigenvalue weighted by molar-refractivity contribution is 0.350. The van der Waals surface area contributed by atoms with Crippen LogP contribution in [0.1, 0.15) is 5.56 Å². The maximum atomic E-state index is 5.60. The van der Waals surface area contributed by atoms with Crippen molar-refractivity contribution in [3.63, 3.8) is 0 Å². The van der Waals surface area contributed by atoms with Crippen molar-refractivity contribution >= 4 is 27.5 Å². The van der Waals surface area contributed by atoms with Crippen molar-refractivity contribution in [3.8, 4) is 5.75 Å². The molecular weight excluding hydrogens is 263 g/mol. The Labute approximate surface area is 97.9 Å². The summed E-state index contributed by atoms with van der Waals surface area (Å²) in [4.78, 5) is 0. The molecule has 14 heavy (non-hydrogen) atoms. The second-order valence-electron chi connectivity index (χ2n) is 3.08. The van der Waals surface area contributed by atoms with Gasteiger partial charge in [-0.25, -0.2) is 0 Å². The summed E-state index contributed by atoms with van der Waals surface area (Å²) in [6.45, 7) is 6.25. The van der Waals surface area contributed by atoms with Crippen molar-refractivity contribution in [1.82, 2.24) is 0 Å². The fourth-order valence-corrected chi connectivity index (χ4v) is 1.37. The van der Waals surface area contributed by atoms with Gasteiger partial charge in [0.25, 0.3) is 0 Å². The zero-order valence-corrected chi connectivity index (χ0v) is 10.4. The van der Waals surface area contributed by atoms with E-state index in [4.69, 9.17) is 16.3 Å². The minimum atomic E-state index is 0.438. The van der Waals surface area contributed by atoms with Gasteiger partial charge in [-0.15, -0.1) is 11.6 Å². The molecule has 0 aliphatic rings. The molecule has 0 amide bonds. The lowest BCUT2D eigenvalue weighted by Crippen LogP contribution is -2.02. The molecule has 1 aromatic rings. The van der Waals surface area contributed by atoms with Gasteiger partial charge in [-0.3, -0.25) is 0 Å². The molecule has 0 radical (unpaired) electrons. The van der Waals surface area contributed by atoms with Crippen LogP contribution in [0.25, 0.3) is 0 Å². The zero-order chi connectivity index (χ0) is 10.6. The van der Waals surface area contributed by atoms with Gasteiger partial charge < -0.3 is 4.74 Å². The van der Waals surface area contributed by atoms with E-state index in [2.05, 4.69) is 22.5 Å². The summed E-state index contributed by atoms with van der Waals surface area (Å²) >= 11 is 8.99. The largest absolute Gasteiger partial charge is 0.489 e. The summed E-state index contributed by atoms with van der Waals surface area (Å²) in [7, 11) is 0. The summed E-state index contributed by atoms with van der Waals surface area (Å²) in [5.41, 5.74) is 1.99. The van der Waals surface area contributed by atoms with Gasteiger partial charge in [-0.2, -0.15) is 0 Å². The van der Waals surface area contributed by atoms with E-state index in [9.17, 15) is 0 Å². The number of halogens is 2. The summed E-state index contributed by atoms with van der Waals surface area (Å²) in [6.07, 6.45) is 0. The SMILES string of the molecule is C=C(CCl)COc1cc(Br)ccc1C. The van der Waals surface area contributed by atoms with E-state index in [1.807, 2.05) is 25.1 Å². The zero-order valence-electron chi connectivity index (χ0n) is 8.02. The Hall–Kier alpha value is -0.470. The highest BCUT2D eigenvalue weighted by atomic mass is 79.9. The van der Waals surface area contributed by atoms with Crippen LogP contribution in [-0.4, -0.2) is 12.5 Å². The molecule has 0 fully saturated rings. The monoisotopic (exact) mass is 274 g/mol. The molecule has 0 unspecified atom stereocenters. The van der Waals surface area contributed by atoms with Crippen LogP contribution in [-0.2, 0) is 0 Å². The predicted octanol–water partition coefficient (Wildman–Crippen LogP) is 3.93. The molecule has 0 saturated carbocycles. The third kappa shape index (κ3) is 3.35. The van der Waals surface area contributed by atoms with Crippen LogP contribution in [0.5, 0.6) is 5.75 Å². The van der Waals surface area contributed by atoms with Gasteiger partial charge >= 0.3 is 0 Å². The maximum absolute atomic E-state index is 5.60. The van der Waals surface area contributed by atoms with Crippen molar-refractivity contribution in [2.24, 2.45) is 0 Å². The van der Waals surface area contributed by atoms with E-state index in [0.29, 0.717) is 12.5 Å². The molecule has 0 aliphatic carbocycles. The van der Waals surface area contributed by atoms with Gasteiger partial charge in [-0.05, 0) is 30.2 Å². The second-order valence-corrected chi connectivity index (χ2v) is 4.27. The van der Waals surface area contributed by atoms with E-state index in [1.165, 1.54) is 0 Å². The van der Waals surface area contributed by atoms with Gasteiger partial charge in [0.2, 0.25) is 0 Å². The van der Waals surface area contributed by atoms with E-state index in [-0.39, 0.29) is 0 Å². The number of hydrogen-bond donors (Lipinski definition) is 0. The Bertz CT molecular complexity index is 336. The van der Waals surface area contributed by atoms with E-state index < -0.39 is 0 Å². The van der Waals surface area contributed by atoms with Crippen molar-refractivity contribution in [1.29, 1.82) is 0 Å². The van der Waals surface area contributed by atoms with Crippen LogP contribution in [0.15, 0.2) is 34.8 Å². The molecule has 0 aliphatic heterocycles. The first kappa shape index (κ1) is 11.6. The Morgan fingerprint density at radius 2 is 2.29 bits per heavy atom. The summed E-state index contributed by atoms with van der Waals surface area (Å²) in [5.74, 6) is 1.30. The van der Waals surface area contributed by atoms with Crippen LogP contribution in [0, 0.1) is 6.92 Å².